The van der Waals surface area contributed by atoms with Crippen molar-refractivity contribution in [2.45, 2.75) is 6.92 Å². The van der Waals surface area contributed by atoms with E-state index >= 15 is 0 Å². The molecule has 1 aliphatic heterocycles. The molecule has 0 saturated carbocycles. The number of pyridine rings is 2. The van der Waals surface area contributed by atoms with Crippen molar-refractivity contribution < 1.29 is 4.74 Å². The summed E-state index contributed by atoms with van der Waals surface area (Å²) >= 11 is 0. The first-order chi connectivity index (χ1) is 13.8. The van der Waals surface area contributed by atoms with Gasteiger partial charge in [-0.2, -0.15) is 0 Å². The average Bonchev–Trinajstić information content (AvgIpc) is 3.22. The summed E-state index contributed by atoms with van der Waals surface area (Å²) in [5.74, 6) is 0.602. The minimum absolute atomic E-state index is 0.602. The van der Waals surface area contributed by atoms with E-state index in [0.717, 1.165) is 65.7 Å². The zero-order valence-electron chi connectivity index (χ0n) is 15.6. The Labute approximate surface area is 162 Å². The molecule has 7 nitrogen and oxygen atoms in total. The van der Waals surface area contributed by atoms with Gasteiger partial charge in [0.05, 0.1) is 30.8 Å². The van der Waals surface area contributed by atoms with Crippen LogP contribution in [0.3, 0.4) is 0 Å². The number of anilines is 1. The number of hydrogen-bond donors (Lipinski definition) is 1. The number of morpholine rings is 1. The Morgan fingerprint density at radius 1 is 1.04 bits per heavy atom. The fourth-order valence-corrected chi connectivity index (χ4v) is 3.50. The fraction of sp³-hybridized carbons (Fsp3) is 0.238. The van der Waals surface area contributed by atoms with Gasteiger partial charge >= 0.3 is 0 Å². The highest BCUT2D eigenvalue weighted by Gasteiger charge is 2.16. The summed E-state index contributed by atoms with van der Waals surface area (Å²) in [6.45, 7) is 5.18. The van der Waals surface area contributed by atoms with E-state index in [0.29, 0.717) is 5.82 Å². The Morgan fingerprint density at radius 3 is 2.79 bits per heavy atom. The topological polar surface area (TPSA) is 79.8 Å². The van der Waals surface area contributed by atoms with Gasteiger partial charge < -0.3 is 14.6 Å². The van der Waals surface area contributed by atoms with Crippen molar-refractivity contribution in [3.05, 3.63) is 54.6 Å². The molecule has 0 amide bonds. The molecule has 28 heavy (non-hydrogen) atoms. The number of aromatic nitrogens is 5. The van der Waals surface area contributed by atoms with E-state index in [9.17, 15) is 0 Å². The van der Waals surface area contributed by atoms with Gasteiger partial charge in [0.25, 0.3) is 0 Å². The number of ether oxygens (including phenoxy) is 1. The van der Waals surface area contributed by atoms with Crippen LogP contribution in [0.25, 0.3) is 33.8 Å². The van der Waals surface area contributed by atoms with E-state index in [1.54, 1.807) is 0 Å². The number of rotatable bonds is 3. The third kappa shape index (κ3) is 3.10. The second-order valence-corrected chi connectivity index (χ2v) is 6.83. The summed E-state index contributed by atoms with van der Waals surface area (Å²) in [4.78, 5) is 24.1. The quantitative estimate of drug-likeness (QED) is 0.595. The molecule has 7 heteroatoms. The maximum Gasteiger partial charge on any atom is 0.180 e. The lowest BCUT2D eigenvalue weighted by Gasteiger charge is -2.28. The standard InChI is InChI=1S/C21H20N6O/c1-14-3-2-4-18(24-14)21-25-19(17-5-6-23-20(17)26-21)15-11-16(13-22-12-15)27-7-9-28-10-8-27/h2-6,11-13H,7-10H2,1H3,(H,23,25,26). The summed E-state index contributed by atoms with van der Waals surface area (Å²) < 4.78 is 5.46. The van der Waals surface area contributed by atoms with Crippen molar-refractivity contribution in [2.24, 2.45) is 0 Å². The molecule has 1 aliphatic rings. The molecule has 140 valence electrons. The first-order valence-electron chi connectivity index (χ1n) is 9.35. The lowest BCUT2D eigenvalue weighted by Crippen LogP contribution is -2.36. The van der Waals surface area contributed by atoms with Gasteiger partial charge in [-0.15, -0.1) is 0 Å². The Bertz CT molecular complexity index is 1130. The lowest BCUT2D eigenvalue weighted by atomic mass is 10.1. The molecule has 0 aromatic carbocycles. The van der Waals surface area contributed by atoms with Crippen LogP contribution in [0.4, 0.5) is 5.69 Å². The normalized spacial score (nSPS) is 14.5. The zero-order chi connectivity index (χ0) is 18.9. The smallest absolute Gasteiger partial charge is 0.180 e. The molecule has 1 N–H and O–H groups in total. The average molecular weight is 372 g/mol. The van der Waals surface area contributed by atoms with Crippen LogP contribution in [-0.2, 0) is 4.74 Å². The Balaban J connectivity index is 1.63. The van der Waals surface area contributed by atoms with Crippen LogP contribution < -0.4 is 4.90 Å². The van der Waals surface area contributed by atoms with Crippen LogP contribution in [0.5, 0.6) is 0 Å². The predicted molar refractivity (Wildman–Crippen MR) is 108 cm³/mol. The van der Waals surface area contributed by atoms with Crippen molar-refractivity contribution in [3.8, 4) is 22.8 Å². The van der Waals surface area contributed by atoms with Crippen LogP contribution in [0.15, 0.2) is 48.9 Å². The van der Waals surface area contributed by atoms with Crippen molar-refractivity contribution >= 4 is 16.7 Å². The number of aromatic amines is 1. The summed E-state index contributed by atoms with van der Waals surface area (Å²) in [6.07, 6.45) is 5.63. The second kappa shape index (κ2) is 7.01. The molecule has 1 saturated heterocycles. The van der Waals surface area contributed by atoms with Crippen LogP contribution in [-0.4, -0.2) is 51.2 Å². The molecule has 0 unspecified atom stereocenters. The molecule has 1 fully saturated rings. The third-order valence-corrected chi connectivity index (χ3v) is 4.91. The van der Waals surface area contributed by atoms with E-state index in [4.69, 9.17) is 9.72 Å². The molecule has 4 aromatic heterocycles. The summed E-state index contributed by atoms with van der Waals surface area (Å²) in [5.41, 5.74) is 5.38. The van der Waals surface area contributed by atoms with E-state index < -0.39 is 0 Å². The number of nitrogens with one attached hydrogen (secondary N) is 1. The van der Waals surface area contributed by atoms with Gasteiger partial charge in [-0.1, -0.05) is 6.07 Å². The van der Waals surface area contributed by atoms with Crippen molar-refractivity contribution in [3.63, 3.8) is 0 Å². The summed E-state index contributed by atoms with van der Waals surface area (Å²) in [7, 11) is 0. The number of nitrogens with zero attached hydrogens (tertiary/aromatic N) is 5. The van der Waals surface area contributed by atoms with E-state index in [2.05, 4.69) is 30.9 Å². The van der Waals surface area contributed by atoms with E-state index in [1.165, 1.54) is 0 Å². The van der Waals surface area contributed by atoms with Gasteiger partial charge in [-0.05, 0) is 31.2 Å². The highest BCUT2D eigenvalue weighted by Crippen LogP contribution is 2.30. The molecule has 0 radical (unpaired) electrons. The first-order valence-corrected chi connectivity index (χ1v) is 9.35. The molecule has 4 aromatic rings. The van der Waals surface area contributed by atoms with Crippen molar-refractivity contribution in [1.82, 2.24) is 24.9 Å². The van der Waals surface area contributed by atoms with E-state index in [1.807, 2.05) is 49.8 Å². The maximum absolute atomic E-state index is 5.46. The van der Waals surface area contributed by atoms with Crippen LogP contribution >= 0.6 is 0 Å². The molecule has 5 heterocycles. The minimum Gasteiger partial charge on any atom is -0.378 e. The van der Waals surface area contributed by atoms with Crippen molar-refractivity contribution in [2.75, 3.05) is 31.2 Å². The zero-order valence-corrected chi connectivity index (χ0v) is 15.6. The Hall–Kier alpha value is -3.32. The van der Waals surface area contributed by atoms with Crippen molar-refractivity contribution in [1.29, 1.82) is 0 Å². The number of fused-ring (bicyclic) bond motifs is 1. The molecule has 5 rings (SSSR count). The van der Waals surface area contributed by atoms with Gasteiger partial charge in [0, 0.05) is 42.1 Å². The molecule has 0 aliphatic carbocycles. The number of H-pyrrole nitrogens is 1. The molecular formula is C21H20N6O. The first kappa shape index (κ1) is 16.8. The molecular weight excluding hydrogens is 352 g/mol. The highest BCUT2D eigenvalue weighted by molar-refractivity contribution is 5.92. The van der Waals surface area contributed by atoms with Gasteiger partial charge in [0.1, 0.15) is 11.3 Å². The Kier molecular flexibility index (Phi) is 4.21. The predicted octanol–water partition coefficient (Wildman–Crippen LogP) is 3.23. The fourth-order valence-electron chi connectivity index (χ4n) is 3.50. The monoisotopic (exact) mass is 372 g/mol. The lowest BCUT2D eigenvalue weighted by molar-refractivity contribution is 0.122. The number of aryl methyl sites for hydroxylation is 1. The third-order valence-electron chi connectivity index (χ3n) is 4.91. The van der Waals surface area contributed by atoms with E-state index in [-0.39, 0.29) is 0 Å². The van der Waals surface area contributed by atoms with Crippen LogP contribution in [0.2, 0.25) is 0 Å². The van der Waals surface area contributed by atoms with Crippen LogP contribution in [0, 0.1) is 6.92 Å². The summed E-state index contributed by atoms with van der Waals surface area (Å²) in [5, 5.41) is 0.970. The molecule has 0 spiro atoms. The SMILES string of the molecule is Cc1cccc(-c2nc(-c3cncc(N4CCOCC4)c3)c3cc[nH]c3n2)n1. The molecule has 0 atom stereocenters. The maximum atomic E-state index is 5.46. The highest BCUT2D eigenvalue weighted by atomic mass is 16.5. The Morgan fingerprint density at radius 2 is 1.93 bits per heavy atom. The van der Waals surface area contributed by atoms with Gasteiger partial charge in [0.2, 0.25) is 0 Å². The van der Waals surface area contributed by atoms with Crippen LogP contribution in [0.1, 0.15) is 5.69 Å². The van der Waals surface area contributed by atoms with Gasteiger partial charge in [0.15, 0.2) is 5.82 Å². The minimum atomic E-state index is 0.602. The second-order valence-electron chi connectivity index (χ2n) is 6.83. The number of hydrogen-bond acceptors (Lipinski definition) is 6. The van der Waals surface area contributed by atoms with Gasteiger partial charge in [-0.3, -0.25) is 4.98 Å². The van der Waals surface area contributed by atoms with Gasteiger partial charge in [-0.25, -0.2) is 15.0 Å². The molecule has 0 bridgehead atoms. The largest absolute Gasteiger partial charge is 0.378 e. The summed E-state index contributed by atoms with van der Waals surface area (Å²) in [6, 6.07) is 10.0.